The first-order chi connectivity index (χ1) is 8.67. The van der Waals surface area contributed by atoms with Crippen LogP contribution in [0.25, 0.3) is 0 Å². The van der Waals surface area contributed by atoms with Crippen LogP contribution in [0.3, 0.4) is 0 Å². The molecule has 1 heterocycles. The van der Waals surface area contributed by atoms with Gasteiger partial charge in [-0.25, -0.2) is 0 Å². The first-order valence-electron chi connectivity index (χ1n) is 6.43. The zero-order valence-corrected chi connectivity index (χ0v) is 12.1. The smallest absolute Gasteiger partial charge is 0.264 e. The van der Waals surface area contributed by atoms with Crippen molar-refractivity contribution in [2.45, 2.75) is 32.2 Å². The van der Waals surface area contributed by atoms with Crippen molar-refractivity contribution in [3.8, 4) is 0 Å². The average molecular weight is 287 g/mol. The Kier molecular flexibility index (Phi) is 4.65. The second-order valence-electron chi connectivity index (χ2n) is 4.69. The highest BCUT2D eigenvalue weighted by atomic mass is 35.5. The largest absolute Gasteiger partial charge is 0.335 e. The van der Waals surface area contributed by atoms with Crippen LogP contribution in [-0.2, 0) is 0 Å². The van der Waals surface area contributed by atoms with Crippen LogP contribution in [0.4, 0.5) is 0 Å². The van der Waals surface area contributed by atoms with Crippen LogP contribution in [0.1, 0.15) is 35.9 Å². The quantitative estimate of drug-likeness (QED) is 0.925. The number of carbonyl (C=O) groups is 1. The molecule has 1 saturated carbocycles. The van der Waals surface area contributed by atoms with Gasteiger partial charge >= 0.3 is 0 Å². The van der Waals surface area contributed by atoms with Gasteiger partial charge in [-0.3, -0.25) is 4.79 Å². The molecular weight excluding hydrogens is 268 g/mol. The molecule has 0 saturated heterocycles. The summed E-state index contributed by atoms with van der Waals surface area (Å²) in [5.74, 6) is 0.545. The lowest BCUT2D eigenvalue weighted by Crippen LogP contribution is -2.43. The van der Waals surface area contributed by atoms with Crippen LogP contribution >= 0.6 is 22.9 Å². The van der Waals surface area contributed by atoms with Gasteiger partial charge in [-0.2, -0.15) is 0 Å². The molecular formula is C13H19ClN2OS. The monoisotopic (exact) mass is 286 g/mol. The number of hydrogen-bond acceptors (Lipinski definition) is 3. The second-order valence-corrected chi connectivity index (χ2v) is 6.40. The molecule has 1 aromatic rings. The van der Waals surface area contributed by atoms with E-state index < -0.39 is 0 Å². The number of nitrogens with two attached hydrogens (primary N) is 1. The van der Waals surface area contributed by atoms with Gasteiger partial charge in [0.15, 0.2) is 0 Å². The minimum Gasteiger partial charge on any atom is -0.335 e. The van der Waals surface area contributed by atoms with Crippen molar-refractivity contribution in [3.63, 3.8) is 0 Å². The summed E-state index contributed by atoms with van der Waals surface area (Å²) in [6, 6.07) is 3.89. The molecule has 0 aliphatic heterocycles. The van der Waals surface area contributed by atoms with Crippen LogP contribution in [0.5, 0.6) is 0 Å². The number of rotatable bonds is 4. The highest BCUT2D eigenvalue weighted by molar-refractivity contribution is 7.17. The molecule has 1 aliphatic carbocycles. The Morgan fingerprint density at radius 3 is 2.89 bits per heavy atom. The lowest BCUT2D eigenvalue weighted by Gasteiger charge is -2.31. The SMILES string of the molecule is CCN(C(=O)c1ccc(Cl)s1)C1CCCC1CN. The van der Waals surface area contributed by atoms with Crippen molar-refractivity contribution in [2.75, 3.05) is 13.1 Å². The average Bonchev–Trinajstić information content (AvgIpc) is 2.98. The number of nitrogens with zero attached hydrogens (tertiary/aromatic N) is 1. The Hall–Kier alpha value is -0.580. The van der Waals surface area contributed by atoms with Crippen LogP contribution in [-0.4, -0.2) is 29.9 Å². The van der Waals surface area contributed by atoms with Crippen molar-refractivity contribution in [1.29, 1.82) is 0 Å². The second kappa shape index (κ2) is 6.04. The number of hydrogen-bond donors (Lipinski definition) is 1. The maximum absolute atomic E-state index is 12.5. The van der Waals surface area contributed by atoms with Crippen molar-refractivity contribution < 1.29 is 4.79 Å². The summed E-state index contributed by atoms with van der Waals surface area (Å²) >= 11 is 7.25. The molecule has 2 unspecified atom stereocenters. The molecule has 1 aromatic heterocycles. The molecule has 5 heteroatoms. The normalized spacial score (nSPS) is 23.3. The van der Waals surface area contributed by atoms with E-state index in [1.165, 1.54) is 17.8 Å². The van der Waals surface area contributed by atoms with Crippen LogP contribution in [0, 0.1) is 5.92 Å². The van der Waals surface area contributed by atoms with Gasteiger partial charge in [-0.15, -0.1) is 11.3 Å². The van der Waals surface area contributed by atoms with Gasteiger partial charge in [-0.1, -0.05) is 18.0 Å². The van der Waals surface area contributed by atoms with E-state index in [0.717, 1.165) is 24.3 Å². The van der Waals surface area contributed by atoms with E-state index in [4.69, 9.17) is 17.3 Å². The van der Waals surface area contributed by atoms with Crippen molar-refractivity contribution >= 4 is 28.8 Å². The Morgan fingerprint density at radius 1 is 1.56 bits per heavy atom. The number of halogens is 1. The fourth-order valence-corrected chi connectivity index (χ4v) is 3.80. The van der Waals surface area contributed by atoms with Gasteiger partial charge in [0.1, 0.15) is 0 Å². The van der Waals surface area contributed by atoms with E-state index >= 15 is 0 Å². The summed E-state index contributed by atoms with van der Waals surface area (Å²) in [5.41, 5.74) is 5.80. The predicted molar refractivity (Wildman–Crippen MR) is 76.2 cm³/mol. The van der Waals surface area contributed by atoms with Crippen molar-refractivity contribution in [3.05, 3.63) is 21.3 Å². The molecule has 0 bridgehead atoms. The van der Waals surface area contributed by atoms with E-state index in [1.807, 2.05) is 17.9 Å². The Labute approximate surface area is 117 Å². The molecule has 2 rings (SSSR count). The minimum atomic E-state index is 0.0970. The van der Waals surface area contributed by atoms with Gasteiger partial charge in [0.25, 0.3) is 5.91 Å². The standard InChI is InChI=1S/C13H19ClN2OS/c1-2-16(10-5-3-4-9(10)8-15)13(17)11-6-7-12(14)18-11/h6-7,9-10H,2-5,8,15H2,1H3. The third kappa shape index (κ3) is 2.71. The fourth-order valence-electron chi connectivity index (χ4n) is 2.80. The summed E-state index contributed by atoms with van der Waals surface area (Å²) in [7, 11) is 0. The molecule has 2 N–H and O–H groups in total. The zero-order valence-electron chi connectivity index (χ0n) is 10.6. The molecule has 0 radical (unpaired) electrons. The van der Waals surface area contributed by atoms with E-state index in [0.29, 0.717) is 22.8 Å². The van der Waals surface area contributed by atoms with Crippen LogP contribution in [0.2, 0.25) is 4.34 Å². The van der Waals surface area contributed by atoms with Gasteiger partial charge in [0.05, 0.1) is 9.21 Å². The Morgan fingerprint density at radius 2 is 2.33 bits per heavy atom. The van der Waals surface area contributed by atoms with Crippen LogP contribution in [0.15, 0.2) is 12.1 Å². The van der Waals surface area contributed by atoms with Gasteiger partial charge < -0.3 is 10.6 Å². The topological polar surface area (TPSA) is 46.3 Å². The third-order valence-corrected chi connectivity index (χ3v) is 4.93. The highest BCUT2D eigenvalue weighted by Crippen LogP contribution is 2.31. The van der Waals surface area contributed by atoms with E-state index in [1.54, 1.807) is 6.07 Å². The molecule has 1 fully saturated rings. The number of carbonyl (C=O) groups excluding carboxylic acids is 1. The predicted octanol–water partition coefficient (Wildman–Crippen LogP) is 2.99. The first-order valence-corrected chi connectivity index (χ1v) is 7.63. The molecule has 100 valence electrons. The van der Waals surface area contributed by atoms with E-state index in [2.05, 4.69) is 0 Å². The summed E-state index contributed by atoms with van der Waals surface area (Å²) < 4.78 is 0.663. The number of thiophene rings is 1. The molecule has 3 nitrogen and oxygen atoms in total. The molecule has 2 atom stereocenters. The summed E-state index contributed by atoms with van der Waals surface area (Å²) in [4.78, 5) is 15.2. The van der Waals surface area contributed by atoms with Gasteiger partial charge in [-0.05, 0) is 44.4 Å². The van der Waals surface area contributed by atoms with E-state index in [-0.39, 0.29) is 5.91 Å². The molecule has 0 spiro atoms. The zero-order chi connectivity index (χ0) is 13.1. The molecule has 1 aliphatic rings. The third-order valence-electron chi connectivity index (χ3n) is 3.71. The van der Waals surface area contributed by atoms with Crippen molar-refractivity contribution in [2.24, 2.45) is 11.7 Å². The summed E-state index contributed by atoms with van der Waals surface area (Å²) in [5, 5.41) is 0. The highest BCUT2D eigenvalue weighted by Gasteiger charge is 2.33. The Bertz CT molecular complexity index is 421. The lowest BCUT2D eigenvalue weighted by atomic mass is 10.0. The fraction of sp³-hybridized carbons (Fsp3) is 0.615. The summed E-state index contributed by atoms with van der Waals surface area (Å²) in [6.07, 6.45) is 3.37. The maximum atomic E-state index is 12.5. The minimum absolute atomic E-state index is 0.0970. The van der Waals surface area contributed by atoms with E-state index in [9.17, 15) is 4.79 Å². The Balaban J connectivity index is 2.15. The van der Waals surface area contributed by atoms with Crippen molar-refractivity contribution in [1.82, 2.24) is 4.90 Å². The molecule has 18 heavy (non-hydrogen) atoms. The summed E-state index contributed by atoms with van der Waals surface area (Å²) in [6.45, 7) is 3.42. The first kappa shape index (κ1) is 13.8. The lowest BCUT2D eigenvalue weighted by molar-refractivity contribution is 0.0657. The maximum Gasteiger partial charge on any atom is 0.264 e. The van der Waals surface area contributed by atoms with Crippen LogP contribution < -0.4 is 5.73 Å². The van der Waals surface area contributed by atoms with Gasteiger partial charge in [0.2, 0.25) is 0 Å². The number of amides is 1. The molecule has 0 aromatic carbocycles. The molecule has 1 amide bonds. The van der Waals surface area contributed by atoms with Gasteiger partial charge in [0, 0.05) is 12.6 Å².